The van der Waals surface area contributed by atoms with Gasteiger partial charge in [-0.15, -0.1) is 0 Å². The van der Waals surface area contributed by atoms with E-state index in [0.29, 0.717) is 32.4 Å². The predicted octanol–water partition coefficient (Wildman–Crippen LogP) is 4.47. The van der Waals surface area contributed by atoms with Gasteiger partial charge in [-0.1, -0.05) is 36.4 Å². The zero-order chi connectivity index (χ0) is 23.7. The summed E-state index contributed by atoms with van der Waals surface area (Å²) < 4.78 is 7.33. The number of hydrogen-bond donors (Lipinski definition) is 1. The number of methoxy groups -OCH3 is 1. The van der Waals surface area contributed by atoms with E-state index in [9.17, 15) is 14.7 Å². The van der Waals surface area contributed by atoms with Gasteiger partial charge in [0.15, 0.2) is 0 Å². The number of imidazole rings is 1. The quantitative estimate of drug-likeness (QED) is 0.609. The number of fused-ring (bicyclic) bond motifs is 3. The second kappa shape index (κ2) is 7.32. The van der Waals surface area contributed by atoms with Gasteiger partial charge in [0.25, 0.3) is 0 Å². The third-order valence-corrected chi connectivity index (χ3v) is 8.27. The van der Waals surface area contributed by atoms with Crippen molar-refractivity contribution in [2.24, 2.45) is 5.41 Å². The number of amides is 1. The van der Waals surface area contributed by atoms with Gasteiger partial charge in [-0.3, -0.25) is 4.79 Å². The topological polar surface area (TPSA) is 84.7 Å². The summed E-state index contributed by atoms with van der Waals surface area (Å²) in [4.78, 5) is 31.0. The number of carbonyl (C=O) groups excluding carboxylic acids is 1. The van der Waals surface area contributed by atoms with Crippen LogP contribution in [0.4, 0.5) is 4.79 Å². The Labute approximate surface area is 198 Å². The Morgan fingerprint density at radius 1 is 1.15 bits per heavy atom. The van der Waals surface area contributed by atoms with Crippen LogP contribution in [0.25, 0.3) is 11.0 Å². The molecule has 7 nitrogen and oxygen atoms in total. The number of ether oxygens (including phenoxy) is 1. The van der Waals surface area contributed by atoms with Gasteiger partial charge in [0.05, 0.1) is 30.1 Å². The van der Waals surface area contributed by atoms with Crippen LogP contribution in [0.1, 0.15) is 54.7 Å². The number of aliphatic carboxylic acids is 1. The van der Waals surface area contributed by atoms with Crippen LogP contribution < -0.4 is 0 Å². The van der Waals surface area contributed by atoms with Crippen molar-refractivity contribution in [3.63, 3.8) is 0 Å². The number of nitrogens with zero attached hydrogens (tertiary/aromatic N) is 3. The summed E-state index contributed by atoms with van der Waals surface area (Å²) in [6, 6.07) is 14.9. The second-order valence-electron chi connectivity index (χ2n) is 10.5. The maximum Gasteiger partial charge on any atom is 0.409 e. The van der Waals surface area contributed by atoms with Crippen molar-refractivity contribution < 1.29 is 19.4 Å². The molecule has 3 aliphatic carbocycles. The Morgan fingerprint density at radius 3 is 2.56 bits per heavy atom. The fourth-order valence-corrected chi connectivity index (χ4v) is 6.60. The number of carbonyl (C=O) groups is 2. The number of benzene rings is 2. The number of hydrogen-bond acceptors (Lipinski definition) is 4. The van der Waals surface area contributed by atoms with Crippen molar-refractivity contribution >= 4 is 23.1 Å². The SMILES string of the molecule is COC(=O)N1CCc2ccc3c(nc(C45CC(C(=O)O)(C4)C5)n3[C@@H](C)Cc3ccccc3)c2C1. The Hall–Kier alpha value is -3.35. The minimum atomic E-state index is -0.680. The average Bonchev–Trinajstić information content (AvgIpc) is 3.16. The highest BCUT2D eigenvalue weighted by atomic mass is 16.5. The van der Waals surface area contributed by atoms with Gasteiger partial charge in [-0.05, 0) is 56.2 Å². The molecule has 3 saturated carbocycles. The van der Waals surface area contributed by atoms with Crippen LogP contribution in [0.3, 0.4) is 0 Å². The fraction of sp³-hybridized carbons (Fsp3) is 0.444. The smallest absolute Gasteiger partial charge is 0.409 e. The molecule has 2 aromatic carbocycles. The first-order valence-corrected chi connectivity index (χ1v) is 12.0. The molecule has 1 N–H and O–H groups in total. The average molecular weight is 460 g/mol. The standard InChI is InChI=1S/C27H29N3O4/c1-17(12-18-6-4-3-5-7-18)30-21-9-8-19-10-11-29(25(33)34-2)13-20(19)22(21)28-23(30)26-14-27(15-26,16-26)24(31)32/h3-9,17H,10-16H2,1-2H3,(H,31,32)/t17-,26?,27?/m0/s1. The molecule has 0 spiro atoms. The van der Waals surface area contributed by atoms with Crippen LogP contribution in [0, 0.1) is 5.41 Å². The lowest BCUT2D eigenvalue weighted by Crippen LogP contribution is -2.68. The Kier molecular flexibility index (Phi) is 4.57. The lowest BCUT2D eigenvalue weighted by atomic mass is 9.35. The van der Waals surface area contributed by atoms with Gasteiger partial charge >= 0.3 is 12.1 Å². The molecular weight excluding hydrogens is 430 g/mol. The molecule has 0 saturated heterocycles. The lowest BCUT2D eigenvalue weighted by Gasteiger charge is -2.67. The molecule has 3 aromatic rings. The van der Waals surface area contributed by atoms with Crippen molar-refractivity contribution in [1.29, 1.82) is 0 Å². The molecule has 7 rings (SSSR count). The van der Waals surface area contributed by atoms with Crippen LogP contribution in [-0.2, 0) is 34.3 Å². The third-order valence-electron chi connectivity index (χ3n) is 8.27. The van der Waals surface area contributed by atoms with Gasteiger partial charge in [0, 0.05) is 23.6 Å². The molecule has 176 valence electrons. The summed E-state index contributed by atoms with van der Waals surface area (Å²) in [6.07, 6.45) is 3.30. The lowest BCUT2D eigenvalue weighted by molar-refractivity contribution is -0.196. The second-order valence-corrected chi connectivity index (χ2v) is 10.5. The van der Waals surface area contributed by atoms with Gasteiger partial charge in [0.2, 0.25) is 0 Å². The van der Waals surface area contributed by atoms with E-state index in [2.05, 4.69) is 47.9 Å². The van der Waals surface area contributed by atoms with E-state index >= 15 is 0 Å². The highest BCUT2D eigenvalue weighted by Gasteiger charge is 2.74. The molecule has 1 aliphatic heterocycles. The molecule has 0 radical (unpaired) electrons. The van der Waals surface area contributed by atoms with Crippen LogP contribution in [0.15, 0.2) is 42.5 Å². The van der Waals surface area contributed by atoms with E-state index in [-0.39, 0.29) is 17.6 Å². The van der Waals surface area contributed by atoms with Crippen LogP contribution in [-0.4, -0.2) is 45.3 Å². The van der Waals surface area contributed by atoms with Crippen LogP contribution >= 0.6 is 0 Å². The molecule has 34 heavy (non-hydrogen) atoms. The van der Waals surface area contributed by atoms with Gasteiger partial charge < -0.3 is 19.3 Å². The highest BCUT2D eigenvalue weighted by Crippen LogP contribution is 2.73. The third kappa shape index (κ3) is 2.92. The summed E-state index contributed by atoms with van der Waals surface area (Å²) >= 11 is 0. The first kappa shape index (κ1) is 21.2. The first-order chi connectivity index (χ1) is 16.4. The number of carboxylic acid groups (broad SMARTS) is 1. The predicted molar refractivity (Wildman–Crippen MR) is 127 cm³/mol. The van der Waals surface area contributed by atoms with Gasteiger partial charge in [0.1, 0.15) is 5.82 Å². The molecular formula is C27H29N3O4. The van der Waals surface area contributed by atoms with E-state index in [1.165, 1.54) is 18.2 Å². The molecule has 4 aliphatic rings. The minimum Gasteiger partial charge on any atom is -0.481 e. The summed E-state index contributed by atoms with van der Waals surface area (Å²) in [5.74, 6) is 0.332. The molecule has 2 heterocycles. The van der Waals surface area contributed by atoms with Gasteiger partial charge in [-0.25, -0.2) is 9.78 Å². The van der Waals surface area contributed by atoms with Crippen LogP contribution in [0.2, 0.25) is 0 Å². The van der Waals surface area contributed by atoms with E-state index in [4.69, 9.17) is 9.72 Å². The van der Waals surface area contributed by atoms with Crippen LogP contribution in [0.5, 0.6) is 0 Å². The van der Waals surface area contributed by atoms with E-state index < -0.39 is 11.4 Å². The minimum absolute atomic E-state index is 0.161. The molecule has 7 heteroatoms. The summed E-state index contributed by atoms with van der Waals surface area (Å²) in [5.41, 5.74) is 4.85. The summed E-state index contributed by atoms with van der Waals surface area (Å²) in [6.45, 7) is 3.33. The van der Waals surface area contributed by atoms with Crippen molar-refractivity contribution in [2.75, 3.05) is 13.7 Å². The molecule has 0 unspecified atom stereocenters. The van der Waals surface area contributed by atoms with Gasteiger partial charge in [-0.2, -0.15) is 0 Å². The van der Waals surface area contributed by atoms with Crippen molar-refractivity contribution in [3.05, 3.63) is 65.0 Å². The van der Waals surface area contributed by atoms with E-state index in [1.54, 1.807) is 4.90 Å². The van der Waals surface area contributed by atoms with Crippen molar-refractivity contribution in [1.82, 2.24) is 14.5 Å². The Morgan fingerprint density at radius 2 is 1.88 bits per heavy atom. The zero-order valence-electron chi connectivity index (χ0n) is 19.6. The fourth-order valence-electron chi connectivity index (χ4n) is 6.60. The first-order valence-electron chi connectivity index (χ1n) is 12.0. The van der Waals surface area contributed by atoms with Crippen molar-refractivity contribution in [2.45, 2.75) is 57.0 Å². The highest BCUT2D eigenvalue weighted by molar-refractivity contribution is 5.84. The number of aromatic nitrogens is 2. The van der Waals surface area contributed by atoms with Crippen molar-refractivity contribution in [3.8, 4) is 0 Å². The number of rotatable bonds is 5. The normalized spacial score (nSPS) is 25.8. The molecule has 1 atom stereocenters. The van der Waals surface area contributed by atoms with E-state index in [0.717, 1.165) is 35.3 Å². The maximum atomic E-state index is 12.2. The number of carboxylic acids is 1. The summed E-state index contributed by atoms with van der Waals surface area (Å²) in [7, 11) is 1.41. The summed E-state index contributed by atoms with van der Waals surface area (Å²) in [5, 5.41) is 9.69. The largest absolute Gasteiger partial charge is 0.481 e. The molecule has 3 fully saturated rings. The van der Waals surface area contributed by atoms with E-state index in [1.807, 2.05) is 6.07 Å². The molecule has 1 amide bonds. The monoisotopic (exact) mass is 459 g/mol. The Bertz CT molecular complexity index is 1290. The maximum absolute atomic E-state index is 12.2. The molecule has 1 aromatic heterocycles. The molecule has 2 bridgehead atoms. The Balaban J connectivity index is 1.45. The zero-order valence-corrected chi connectivity index (χ0v) is 19.6.